The van der Waals surface area contributed by atoms with E-state index in [-0.39, 0.29) is 0 Å². The van der Waals surface area contributed by atoms with E-state index in [1.807, 2.05) is 4.90 Å². The molecule has 0 aromatic heterocycles. The number of carbonyl (C=O) groups excluding carboxylic acids is 1. The highest BCUT2D eigenvalue weighted by Gasteiger charge is 2.21. The summed E-state index contributed by atoms with van der Waals surface area (Å²) in [5.74, 6) is 1.15. The van der Waals surface area contributed by atoms with Crippen LogP contribution in [0.15, 0.2) is 0 Å². The van der Waals surface area contributed by atoms with Crippen LogP contribution in [-0.4, -0.2) is 62.0 Å². The van der Waals surface area contributed by atoms with Gasteiger partial charge in [0.2, 0.25) is 5.91 Å². The summed E-state index contributed by atoms with van der Waals surface area (Å²) >= 11 is 0. The topological polar surface area (TPSA) is 35.6 Å². The first kappa shape index (κ1) is 12.8. The maximum Gasteiger partial charge on any atom is 0.236 e. The Labute approximate surface area is 104 Å². The van der Waals surface area contributed by atoms with Crippen molar-refractivity contribution in [2.75, 3.05) is 46.3 Å². The second-order valence-corrected chi connectivity index (χ2v) is 5.48. The largest absolute Gasteiger partial charge is 0.340 e. The zero-order valence-electron chi connectivity index (χ0n) is 11.0. The summed E-state index contributed by atoms with van der Waals surface area (Å²) in [6, 6.07) is 0. The highest BCUT2D eigenvalue weighted by molar-refractivity contribution is 5.78. The molecule has 1 N–H and O–H groups in total. The third kappa shape index (κ3) is 3.96. The van der Waals surface area contributed by atoms with Crippen molar-refractivity contribution in [3.05, 3.63) is 0 Å². The van der Waals surface area contributed by atoms with Crippen molar-refractivity contribution < 1.29 is 4.79 Å². The minimum atomic E-state index is 0.301. The Balaban J connectivity index is 1.70. The van der Waals surface area contributed by atoms with Gasteiger partial charge in [0.25, 0.3) is 0 Å². The van der Waals surface area contributed by atoms with Crippen molar-refractivity contribution in [2.45, 2.75) is 25.7 Å². The molecule has 4 heteroatoms. The van der Waals surface area contributed by atoms with E-state index in [2.05, 4.69) is 17.3 Å². The highest BCUT2D eigenvalue weighted by Crippen LogP contribution is 2.26. The van der Waals surface area contributed by atoms with Gasteiger partial charge >= 0.3 is 0 Å². The Bertz CT molecular complexity index is 245. The number of carbonyl (C=O) groups is 1. The van der Waals surface area contributed by atoms with Crippen LogP contribution in [0.3, 0.4) is 0 Å². The quantitative estimate of drug-likeness (QED) is 0.778. The fraction of sp³-hybridized carbons (Fsp3) is 0.923. The van der Waals surface area contributed by atoms with Crippen LogP contribution in [0.2, 0.25) is 0 Å². The van der Waals surface area contributed by atoms with Crippen LogP contribution in [0.25, 0.3) is 0 Å². The smallest absolute Gasteiger partial charge is 0.236 e. The van der Waals surface area contributed by atoms with Crippen molar-refractivity contribution >= 4 is 5.91 Å². The van der Waals surface area contributed by atoms with E-state index in [9.17, 15) is 4.79 Å². The summed E-state index contributed by atoms with van der Waals surface area (Å²) in [4.78, 5) is 16.3. The van der Waals surface area contributed by atoms with Gasteiger partial charge < -0.3 is 10.2 Å². The predicted molar refractivity (Wildman–Crippen MR) is 68.9 cm³/mol. The van der Waals surface area contributed by atoms with Crippen molar-refractivity contribution in [1.29, 1.82) is 0 Å². The molecule has 1 aliphatic heterocycles. The molecule has 0 unspecified atom stereocenters. The third-order valence-electron chi connectivity index (χ3n) is 3.89. The Kier molecular flexibility index (Phi) is 4.80. The van der Waals surface area contributed by atoms with Gasteiger partial charge in [-0.1, -0.05) is 6.42 Å². The Morgan fingerprint density at radius 3 is 2.82 bits per heavy atom. The van der Waals surface area contributed by atoms with Crippen LogP contribution in [0, 0.1) is 5.92 Å². The zero-order valence-corrected chi connectivity index (χ0v) is 11.0. The van der Waals surface area contributed by atoms with E-state index in [1.54, 1.807) is 0 Å². The van der Waals surface area contributed by atoms with Crippen LogP contribution in [0.1, 0.15) is 25.7 Å². The molecule has 1 saturated carbocycles. The molecule has 1 heterocycles. The third-order valence-corrected chi connectivity index (χ3v) is 3.89. The highest BCUT2D eigenvalue weighted by atomic mass is 16.2. The van der Waals surface area contributed by atoms with Crippen molar-refractivity contribution in [3.63, 3.8) is 0 Å². The molecule has 4 nitrogen and oxygen atoms in total. The summed E-state index contributed by atoms with van der Waals surface area (Å²) in [6.07, 6.45) is 5.17. The van der Waals surface area contributed by atoms with Crippen molar-refractivity contribution in [1.82, 2.24) is 15.1 Å². The lowest BCUT2D eigenvalue weighted by Crippen LogP contribution is -2.42. The number of rotatable bonds is 4. The average Bonchev–Trinajstić information content (AvgIpc) is 2.52. The van der Waals surface area contributed by atoms with Gasteiger partial charge in [-0.3, -0.25) is 9.69 Å². The maximum absolute atomic E-state index is 12.1. The summed E-state index contributed by atoms with van der Waals surface area (Å²) < 4.78 is 0. The van der Waals surface area contributed by atoms with Crippen LogP contribution in [0.5, 0.6) is 0 Å². The summed E-state index contributed by atoms with van der Waals surface area (Å²) in [5.41, 5.74) is 0. The second kappa shape index (κ2) is 6.36. The maximum atomic E-state index is 12.1. The van der Waals surface area contributed by atoms with Gasteiger partial charge in [-0.25, -0.2) is 0 Å². The van der Waals surface area contributed by atoms with E-state index in [0.29, 0.717) is 12.5 Å². The van der Waals surface area contributed by atoms with Crippen molar-refractivity contribution in [3.8, 4) is 0 Å². The molecule has 17 heavy (non-hydrogen) atoms. The second-order valence-electron chi connectivity index (χ2n) is 5.48. The van der Waals surface area contributed by atoms with E-state index in [1.165, 1.54) is 19.3 Å². The molecule has 2 rings (SSSR count). The Morgan fingerprint density at radius 2 is 2.12 bits per heavy atom. The first-order chi connectivity index (χ1) is 8.25. The van der Waals surface area contributed by atoms with Crippen LogP contribution in [0.4, 0.5) is 0 Å². The molecular formula is C13H25N3O. The van der Waals surface area contributed by atoms with E-state index < -0.39 is 0 Å². The molecule has 0 atom stereocenters. The molecular weight excluding hydrogens is 214 g/mol. The molecule has 1 amide bonds. The molecule has 98 valence electrons. The fourth-order valence-electron chi connectivity index (χ4n) is 2.61. The first-order valence-electron chi connectivity index (χ1n) is 6.93. The van der Waals surface area contributed by atoms with Crippen LogP contribution >= 0.6 is 0 Å². The lowest BCUT2D eigenvalue weighted by atomic mass is 9.85. The van der Waals surface area contributed by atoms with Gasteiger partial charge in [-0.05, 0) is 38.8 Å². The number of likely N-dealkylation sites (N-methyl/N-ethyl adjacent to an activating group) is 1. The van der Waals surface area contributed by atoms with Crippen molar-refractivity contribution in [2.24, 2.45) is 5.92 Å². The van der Waals surface area contributed by atoms with E-state index in [4.69, 9.17) is 0 Å². The van der Waals surface area contributed by atoms with Crippen LogP contribution < -0.4 is 5.32 Å². The van der Waals surface area contributed by atoms with Gasteiger partial charge in [0.15, 0.2) is 0 Å². The normalized spacial score (nSPS) is 22.4. The van der Waals surface area contributed by atoms with Gasteiger partial charge in [0.1, 0.15) is 0 Å². The average molecular weight is 239 g/mol. The number of hydrogen-bond acceptors (Lipinski definition) is 3. The SMILES string of the molecule is CN(CC(=O)N1CCCNCC1)CC1CCC1. The van der Waals surface area contributed by atoms with Crippen LogP contribution in [-0.2, 0) is 4.79 Å². The zero-order chi connectivity index (χ0) is 12.1. The molecule has 2 fully saturated rings. The predicted octanol–water partition coefficient (Wildman–Crippen LogP) is 0.540. The molecule has 0 aromatic rings. The molecule has 0 aromatic carbocycles. The Morgan fingerprint density at radius 1 is 1.29 bits per heavy atom. The molecule has 0 spiro atoms. The molecule has 0 bridgehead atoms. The monoisotopic (exact) mass is 239 g/mol. The number of amides is 1. The van der Waals surface area contributed by atoms with E-state index in [0.717, 1.165) is 45.1 Å². The minimum absolute atomic E-state index is 0.301. The molecule has 1 saturated heterocycles. The molecule has 1 aliphatic carbocycles. The first-order valence-corrected chi connectivity index (χ1v) is 6.93. The summed E-state index contributed by atoms with van der Waals surface area (Å²) in [7, 11) is 2.08. The number of nitrogens with zero attached hydrogens (tertiary/aromatic N) is 2. The summed E-state index contributed by atoms with van der Waals surface area (Å²) in [6.45, 7) is 5.47. The van der Waals surface area contributed by atoms with Gasteiger partial charge in [-0.15, -0.1) is 0 Å². The van der Waals surface area contributed by atoms with Gasteiger partial charge in [0, 0.05) is 26.2 Å². The van der Waals surface area contributed by atoms with Gasteiger partial charge in [-0.2, -0.15) is 0 Å². The molecule has 0 radical (unpaired) electrons. The number of hydrogen-bond donors (Lipinski definition) is 1. The van der Waals surface area contributed by atoms with Gasteiger partial charge in [0.05, 0.1) is 6.54 Å². The lowest BCUT2D eigenvalue weighted by Gasteiger charge is -2.31. The minimum Gasteiger partial charge on any atom is -0.340 e. The fourth-order valence-corrected chi connectivity index (χ4v) is 2.61. The lowest BCUT2D eigenvalue weighted by molar-refractivity contribution is -0.132. The number of nitrogens with one attached hydrogen (secondary N) is 1. The van der Waals surface area contributed by atoms with E-state index >= 15 is 0 Å². The summed E-state index contributed by atoms with van der Waals surface area (Å²) in [5, 5.41) is 3.33. The Hall–Kier alpha value is -0.610. The molecule has 2 aliphatic rings. The standard InChI is InChI=1S/C13H25N3O/c1-15(10-12-4-2-5-12)11-13(17)16-8-3-6-14-7-9-16/h12,14H,2-11H2,1H3.